The third-order valence-corrected chi connectivity index (χ3v) is 4.59. The van der Waals surface area contributed by atoms with Crippen LogP contribution in [-0.2, 0) is 4.79 Å². The standard InChI is InChI=1S/C23H22N2O2/c1-16-9-8-14-20(22(16)23(24)27)25-21(26)15-19(17-10-4-2-5-11-17)18-12-6-3-7-13-18/h2-14,19H,15H2,1H3,(H2,24,27)(H,25,26). The van der Waals surface area contributed by atoms with Crippen LogP contribution in [0.15, 0.2) is 78.9 Å². The molecule has 0 unspecified atom stereocenters. The number of hydrogen-bond donors (Lipinski definition) is 2. The number of primary amides is 1. The van der Waals surface area contributed by atoms with E-state index in [0.29, 0.717) is 11.3 Å². The third-order valence-electron chi connectivity index (χ3n) is 4.59. The van der Waals surface area contributed by atoms with Crippen LogP contribution >= 0.6 is 0 Å². The molecule has 4 heteroatoms. The molecular formula is C23H22N2O2. The molecule has 0 saturated carbocycles. The Morgan fingerprint density at radius 1 is 0.852 bits per heavy atom. The number of nitrogens with two attached hydrogens (primary N) is 1. The summed E-state index contributed by atoms with van der Waals surface area (Å²) in [5.74, 6) is -0.791. The van der Waals surface area contributed by atoms with E-state index in [0.717, 1.165) is 16.7 Å². The average Bonchev–Trinajstić information content (AvgIpc) is 2.67. The molecule has 2 amide bonds. The first-order valence-electron chi connectivity index (χ1n) is 8.85. The van der Waals surface area contributed by atoms with Crippen molar-refractivity contribution in [3.8, 4) is 0 Å². The Balaban J connectivity index is 1.86. The normalized spacial score (nSPS) is 10.6. The van der Waals surface area contributed by atoms with Gasteiger partial charge in [-0.2, -0.15) is 0 Å². The van der Waals surface area contributed by atoms with Gasteiger partial charge in [0.25, 0.3) is 5.91 Å². The van der Waals surface area contributed by atoms with Crippen LogP contribution in [0.25, 0.3) is 0 Å². The van der Waals surface area contributed by atoms with E-state index < -0.39 is 5.91 Å². The van der Waals surface area contributed by atoms with E-state index in [-0.39, 0.29) is 18.2 Å². The Labute approximate surface area is 159 Å². The Morgan fingerprint density at radius 3 is 1.93 bits per heavy atom. The molecule has 4 nitrogen and oxygen atoms in total. The van der Waals surface area contributed by atoms with Crippen molar-refractivity contribution < 1.29 is 9.59 Å². The predicted molar refractivity (Wildman–Crippen MR) is 108 cm³/mol. The molecule has 0 fully saturated rings. The van der Waals surface area contributed by atoms with E-state index in [2.05, 4.69) is 5.32 Å². The molecule has 0 radical (unpaired) electrons. The second kappa shape index (κ2) is 8.32. The summed E-state index contributed by atoms with van der Waals surface area (Å²) in [7, 11) is 0. The van der Waals surface area contributed by atoms with Crippen molar-refractivity contribution in [3.63, 3.8) is 0 Å². The molecule has 3 N–H and O–H groups in total. The van der Waals surface area contributed by atoms with E-state index >= 15 is 0 Å². The summed E-state index contributed by atoms with van der Waals surface area (Å²) in [6, 6.07) is 25.2. The second-order valence-corrected chi connectivity index (χ2v) is 6.49. The lowest BCUT2D eigenvalue weighted by atomic mass is 9.88. The van der Waals surface area contributed by atoms with Gasteiger partial charge in [-0.1, -0.05) is 72.8 Å². The number of rotatable bonds is 6. The molecule has 0 bridgehead atoms. The van der Waals surface area contributed by atoms with Crippen LogP contribution in [0.4, 0.5) is 5.69 Å². The summed E-state index contributed by atoms with van der Waals surface area (Å²) in [5.41, 5.74) is 9.16. The Hall–Kier alpha value is -3.40. The number of aryl methyl sites for hydroxylation is 1. The zero-order valence-electron chi connectivity index (χ0n) is 15.2. The van der Waals surface area contributed by atoms with Gasteiger partial charge in [0.05, 0.1) is 11.3 Å². The maximum atomic E-state index is 12.8. The summed E-state index contributed by atoms with van der Waals surface area (Å²) < 4.78 is 0. The Bertz CT molecular complexity index is 898. The lowest BCUT2D eigenvalue weighted by Gasteiger charge is -2.18. The predicted octanol–water partition coefficient (Wildman–Crippen LogP) is 4.25. The number of hydrogen-bond acceptors (Lipinski definition) is 2. The highest BCUT2D eigenvalue weighted by atomic mass is 16.2. The van der Waals surface area contributed by atoms with E-state index in [4.69, 9.17) is 5.73 Å². The number of benzene rings is 3. The van der Waals surface area contributed by atoms with Crippen LogP contribution in [0.3, 0.4) is 0 Å². The zero-order valence-corrected chi connectivity index (χ0v) is 15.2. The summed E-state index contributed by atoms with van der Waals surface area (Å²) >= 11 is 0. The summed E-state index contributed by atoms with van der Waals surface area (Å²) in [4.78, 5) is 24.6. The molecule has 0 atom stereocenters. The van der Waals surface area contributed by atoms with E-state index in [9.17, 15) is 9.59 Å². The van der Waals surface area contributed by atoms with E-state index in [1.54, 1.807) is 25.1 Å². The molecule has 0 aromatic heterocycles. The molecule has 3 rings (SSSR count). The number of carbonyl (C=O) groups excluding carboxylic acids is 2. The summed E-state index contributed by atoms with van der Waals surface area (Å²) in [6.07, 6.45) is 0.264. The van der Waals surface area contributed by atoms with Crippen molar-refractivity contribution in [1.82, 2.24) is 0 Å². The monoisotopic (exact) mass is 358 g/mol. The van der Waals surface area contributed by atoms with Gasteiger partial charge in [-0.3, -0.25) is 9.59 Å². The van der Waals surface area contributed by atoms with E-state index in [1.165, 1.54) is 0 Å². The molecule has 27 heavy (non-hydrogen) atoms. The van der Waals surface area contributed by atoms with Gasteiger partial charge in [0, 0.05) is 12.3 Å². The quantitative estimate of drug-likeness (QED) is 0.691. The van der Waals surface area contributed by atoms with Gasteiger partial charge in [-0.05, 0) is 29.7 Å². The van der Waals surface area contributed by atoms with Gasteiger partial charge < -0.3 is 11.1 Å². The Morgan fingerprint density at radius 2 is 1.41 bits per heavy atom. The van der Waals surface area contributed by atoms with Crippen molar-refractivity contribution in [3.05, 3.63) is 101 Å². The van der Waals surface area contributed by atoms with Crippen LogP contribution in [0.1, 0.15) is 39.4 Å². The number of anilines is 1. The van der Waals surface area contributed by atoms with Crippen LogP contribution in [0, 0.1) is 6.92 Å². The minimum Gasteiger partial charge on any atom is -0.366 e. The highest BCUT2D eigenvalue weighted by molar-refractivity contribution is 6.04. The molecule has 3 aromatic rings. The lowest BCUT2D eigenvalue weighted by Crippen LogP contribution is -2.21. The van der Waals surface area contributed by atoms with Gasteiger partial charge >= 0.3 is 0 Å². The molecule has 0 saturated heterocycles. The topological polar surface area (TPSA) is 72.2 Å². The fraction of sp³-hybridized carbons (Fsp3) is 0.130. The highest BCUT2D eigenvalue weighted by Crippen LogP contribution is 2.29. The Kier molecular flexibility index (Phi) is 5.67. The molecular weight excluding hydrogens is 336 g/mol. The number of nitrogens with one attached hydrogen (secondary N) is 1. The summed E-state index contributed by atoms with van der Waals surface area (Å²) in [5, 5.41) is 2.86. The fourth-order valence-electron chi connectivity index (χ4n) is 3.28. The largest absolute Gasteiger partial charge is 0.366 e. The van der Waals surface area contributed by atoms with Crippen LogP contribution in [0.5, 0.6) is 0 Å². The lowest BCUT2D eigenvalue weighted by molar-refractivity contribution is -0.116. The van der Waals surface area contributed by atoms with Crippen LogP contribution in [0.2, 0.25) is 0 Å². The molecule has 3 aromatic carbocycles. The molecule has 0 aliphatic carbocycles. The van der Waals surface area contributed by atoms with Gasteiger partial charge in [-0.15, -0.1) is 0 Å². The van der Waals surface area contributed by atoms with Crippen molar-refractivity contribution in [2.24, 2.45) is 5.73 Å². The van der Waals surface area contributed by atoms with Crippen molar-refractivity contribution in [2.45, 2.75) is 19.3 Å². The van der Waals surface area contributed by atoms with E-state index in [1.807, 2.05) is 60.7 Å². The molecule has 0 heterocycles. The maximum Gasteiger partial charge on any atom is 0.251 e. The SMILES string of the molecule is Cc1cccc(NC(=O)CC(c2ccccc2)c2ccccc2)c1C(N)=O. The summed E-state index contributed by atoms with van der Waals surface area (Å²) in [6.45, 7) is 1.80. The minimum atomic E-state index is -0.550. The zero-order chi connectivity index (χ0) is 19.2. The average molecular weight is 358 g/mol. The smallest absolute Gasteiger partial charge is 0.251 e. The van der Waals surface area contributed by atoms with Gasteiger partial charge in [0.15, 0.2) is 0 Å². The first kappa shape index (κ1) is 18.4. The molecule has 136 valence electrons. The number of amides is 2. The van der Waals surface area contributed by atoms with Crippen LogP contribution in [-0.4, -0.2) is 11.8 Å². The number of carbonyl (C=O) groups is 2. The van der Waals surface area contributed by atoms with Gasteiger partial charge in [-0.25, -0.2) is 0 Å². The first-order chi connectivity index (χ1) is 13.1. The van der Waals surface area contributed by atoms with Gasteiger partial charge in [0.2, 0.25) is 5.91 Å². The molecule has 0 aliphatic rings. The van der Waals surface area contributed by atoms with Crippen molar-refractivity contribution >= 4 is 17.5 Å². The third kappa shape index (κ3) is 4.42. The maximum absolute atomic E-state index is 12.8. The van der Waals surface area contributed by atoms with Gasteiger partial charge in [0.1, 0.15) is 0 Å². The molecule has 0 aliphatic heterocycles. The molecule has 0 spiro atoms. The van der Waals surface area contributed by atoms with Crippen LogP contribution < -0.4 is 11.1 Å². The second-order valence-electron chi connectivity index (χ2n) is 6.49. The first-order valence-corrected chi connectivity index (χ1v) is 8.85. The fourth-order valence-corrected chi connectivity index (χ4v) is 3.28. The van der Waals surface area contributed by atoms with Crippen molar-refractivity contribution in [2.75, 3.05) is 5.32 Å². The highest BCUT2D eigenvalue weighted by Gasteiger charge is 2.20. The van der Waals surface area contributed by atoms with Crippen molar-refractivity contribution in [1.29, 1.82) is 0 Å². The minimum absolute atomic E-state index is 0.0748.